The molecule has 0 aliphatic carbocycles. The van der Waals surface area contributed by atoms with Crippen molar-refractivity contribution in [3.63, 3.8) is 0 Å². The summed E-state index contributed by atoms with van der Waals surface area (Å²) in [6, 6.07) is 7.75. The zero-order valence-electron chi connectivity index (χ0n) is 9.34. The average Bonchev–Trinajstić information content (AvgIpc) is 2.73. The van der Waals surface area contributed by atoms with Crippen LogP contribution in [0.2, 0.25) is 0 Å². The van der Waals surface area contributed by atoms with E-state index in [0.29, 0.717) is 19.5 Å². The molecule has 1 aromatic carbocycles. The van der Waals surface area contributed by atoms with Crippen molar-refractivity contribution in [3.8, 4) is 0 Å². The van der Waals surface area contributed by atoms with Gasteiger partial charge in [-0.05, 0) is 30.2 Å². The topological polar surface area (TPSA) is 40.5 Å². The largest absolute Gasteiger partial charge is 0.391 e. The van der Waals surface area contributed by atoms with E-state index < -0.39 is 0 Å². The van der Waals surface area contributed by atoms with Crippen molar-refractivity contribution in [1.82, 2.24) is 4.90 Å². The summed E-state index contributed by atoms with van der Waals surface area (Å²) in [5.41, 5.74) is 0.979. The maximum absolute atomic E-state index is 11.8. The number of carbonyl (C=O) groups excluding carboxylic acids is 1. The van der Waals surface area contributed by atoms with Gasteiger partial charge < -0.3 is 10.0 Å². The second kappa shape index (κ2) is 5.47. The van der Waals surface area contributed by atoms with E-state index in [-0.39, 0.29) is 12.0 Å². The van der Waals surface area contributed by atoms with Crippen LogP contribution in [0.5, 0.6) is 0 Å². The van der Waals surface area contributed by atoms with Gasteiger partial charge in [-0.1, -0.05) is 28.1 Å². The molecule has 0 spiro atoms. The van der Waals surface area contributed by atoms with Gasteiger partial charge in [-0.3, -0.25) is 4.79 Å². The van der Waals surface area contributed by atoms with Crippen LogP contribution in [0.15, 0.2) is 34.8 Å². The van der Waals surface area contributed by atoms with E-state index >= 15 is 0 Å². The molecular formula is C13H14BrNO2. The second-order valence-corrected chi connectivity index (χ2v) is 5.03. The summed E-state index contributed by atoms with van der Waals surface area (Å²) < 4.78 is 0.990. The van der Waals surface area contributed by atoms with Crippen molar-refractivity contribution >= 4 is 27.9 Å². The second-order valence-electron chi connectivity index (χ2n) is 4.12. The van der Waals surface area contributed by atoms with Gasteiger partial charge in [0.25, 0.3) is 0 Å². The van der Waals surface area contributed by atoms with Crippen molar-refractivity contribution in [2.24, 2.45) is 0 Å². The third kappa shape index (κ3) is 3.41. The summed E-state index contributed by atoms with van der Waals surface area (Å²) in [5.74, 6) is -0.0403. The SMILES string of the molecule is O=C(C=Cc1cccc(Br)c1)N1CCC(O)C1. The van der Waals surface area contributed by atoms with E-state index in [1.807, 2.05) is 24.3 Å². The molecule has 3 nitrogen and oxygen atoms in total. The van der Waals surface area contributed by atoms with Crippen molar-refractivity contribution in [2.75, 3.05) is 13.1 Å². The molecule has 1 unspecified atom stereocenters. The van der Waals surface area contributed by atoms with Crippen LogP contribution in [-0.2, 0) is 4.79 Å². The molecule has 90 valence electrons. The van der Waals surface area contributed by atoms with Crippen molar-refractivity contribution in [2.45, 2.75) is 12.5 Å². The van der Waals surface area contributed by atoms with Crippen LogP contribution in [0.25, 0.3) is 6.08 Å². The number of benzene rings is 1. The lowest BCUT2D eigenvalue weighted by Gasteiger charge is -2.12. The van der Waals surface area contributed by atoms with Crippen LogP contribution < -0.4 is 0 Å². The van der Waals surface area contributed by atoms with E-state index in [2.05, 4.69) is 15.9 Å². The van der Waals surface area contributed by atoms with Gasteiger partial charge in [0.15, 0.2) is 0 Å². The predicted molar refractivity (Wildman–Crippen MR) is 70.4 cm³/mol. The molecule has 0 saturated carbocycles. The van der Waals surface area contributed by atoms with Gasteiger partial charge in [0, 0.05) is 23.6 Å². The first-order valence-corrected chi connectivity index (χ1v) is 6.35. The molecule has 1 aliphatic rings. The number of β-amino-alcohol motifs (C(OH)–C–C–N with tert-alkyl or cyclic N) is 1. The summed E-state index contributed by atoms with van der Waals surface area (Å²) in [4.78, 5) is 13.4. The first-order chi connectivity index (χ1) is 8.15. The Morgan fingerprint density at radius 3 is 3.00 bits per heavy atom. The zero-order chi connectivity index (χ0) is 12.3. The van der Waals surface area contributed by atoms with Gasteiger partial charge in [-0.2, -0.15) is 0 Å². The summed E-state index contributed by atoms with van der Waals surface area (Å²) in [6.45, 7) is 1.09. The van der Waals surface area contributed by atoms with Gasteiger partial charge in [-0.15, -0.1) is 0 Å². The number of aliphatic hydroxyl groups is 1. The van der Waals surface area contributed by atoms with Gasteiger partial charge in [0.05, 0.1) is 6.10 Å². The Morgan fingerprint density at radius 1 is 1.53 bits per heavy atom. The maximum Gasteiger partial charge on any atom is 0.246 e. The Kier molecular flexibility index (Phi) is 3.97. The predicted octanol–water partition coefficient (Wildman–Crippen LogP) is 2.06. The number of aliphatic hydroxyl groups excluding tert-OH is 1. The van der Waals surface area contributed by atoms with Gasteiger partial charge in [0.1, 0.15) is 0 Å². The summed E-state index contributed by atoms with van der Waals surface area (Å²) in [7, 11) is 0. The van der Waals surface area contributed by atoms with Gasteiger partial charge >= 0.3 is 0 Å². The molecule has 0 radical (unpaired) electrons. The normalized spacial score (nSPS) is 20.1. The molecule has 0 aromatic heterocycles. The molecule has 2 rings (SSSR count). The Morgan fingerprint density at radius 2 is 2.35 bits per heavy atom. The van der Waals surface area contributed by atoms with E-state index in [9.17, 15) is 9.90 Å². The number of halogens is 1. The number of rotatable bonds is 2. The molecule has 17 heavy (non-hydrogen) atoms. The lowest BCUT2D eigenvalue weighted by molar-refractivity contribution is -0.125. The van der Waals surface area contributed by atoms with Crippen LogP contribution in [-0.4, -0.2) is 35.1 Å². The first kappa shape index (κ1) is 12.3. The van der Waals surface area contributed by atoms with Crippen molar-refractivity contribution < 1.29 is 9.90 Å². The summed E-state index contributed by atoms with van der Waals surface area (Å²) >= 11 is 3.38. The third-order valence-corrected chi connectivity index (χ3v) is 3.24. The highest BCUT2D eigenvalue weighted by atomic mass is 79.9. The lowest BCUT2D eigenvalue weighted by atomic mass is 10.2. The number of likely N-dealkylation sites (tertiary alicyclic amines) is 1. The Bertz CT molecular complexity index is 445. The fourth-order valence-electron chi connectivity index (χ4n) is 1.83. The first-order valence-electron chi connectivity index (χ1n) is 5.56. The number of hydrogen-bond donors (Lipinski definition) is 1. The minimum atomic E-state index is -0.363. The van der Waals surface area contributed by atoms with Crippen LogP contribution in [0.3, 0.4) is 0 Å². The molecule has 1 saturated heterocycles. The lowest BCUT2D eigenvalue weighted by Crippen LogP contribution is -2.27. The third-order valence-electron chi connectivity index (χ3n) is 2.74. The van der Waals surface area contributed by atoms with E-state index in [0.717, 1.165) is 10.0 Å². The number of amides is 1. The van der Waals surface area contributed by atoms with Gasteiger partial charge in [-0.25, -0.2) is 0 Å². The molecule has 1 amide bonds. The minimum absolute atomic E-state index is 0.0403. The van der Waals surface area contributed by atoms with Crippen LogP contribution in [0.1, 0.15) is 12.0 Å². The highest BCUT2D eigenvalue weighted by Gasteiger charge is 2.22. The van der Waals surface area contributed by atoms with Crippen molar-refractivity contribution in [1.29, 1.82) is 0 Å². The number of hydrogen-bond acceptors (Lipinski definition) is 2. The molecule has 1 N–H and O–H groups in total. The van der Waals surface area contributed by atoms with Gasteiger partial charge in [0.2, 0.25) is 5.91 Å². The highest BCUT2D eigenvalue weighted by Crippen LogP contribution is 2.14. The standard InChI is InChI=1S/C13H14BrNO2/c14-11-3-1-2-10(8-11)4-5-13(17)15-7-6-12(16)9-15/h1-5,8,12,16H,6-7,9H2. The summed E-state index contributed by atoms with van der Waals surface area (Å²) in [5, 5.41) is 9.35. The number of nitrogens with zero attached hydrogens (tertiary/aromatic N) is 1. The molecule has 1 aliphatic heterocycles. The quantitative estimate of drug-likeness (QED) is 0.849. The zero-order valence-corrected chi connectivity index (χ0v) is 10.9. The Balaban J connectivity index is 1.98. The van der Waals surface area contributed by atoms with Crippen LogP contribution >= 0.6 is 15.9 Å². The molecule has 1 fully saturated rings. The maximum atomic E-state index is 11.8. The monoisotopic (exact) mass is 295 g/mol. The molecular weight excluding hydrogens is 282 g/mol. The fourth-order valence-corrected chi connectivity index (χ4v) is 2.24. The molecule has 1 aromatic rings. The molecule has 4 heteroatoms. The highest BCUT2D eigenvalue weighted by molar-refractivity contribution is 9.10. The van der Waals surface area contributed by atoms with Crippen LogP contribution in [0.4, 0.5) is 0 Å². The number of carbonyl (C=O) groups is 1. The average molecular weight is 296 g/mol. The van der Waals surface area contributed by atoms with Crippen molar-refractivity contribution in [3.05, 3.63) is 40.4 Å². The van der Waals surface area contributed by atoms with E-state index in [4.69, 9.17) is 0 Å². The molecule has 1 atom stereocenters. The Labute approximate surface area is 109 Å². The molecule has 0 bridgehead atoms. The molecule has 1 heterocycles. The fraction of sp³-hybridized carbons (Fsp3) is 0.308. The van der Waals surface area contributed by atoms with E-state index in [1.165, 1.54) is 0 Å². The smallest absolute Gasteiger partial charge is 0.246 e. The summed E-state index contributed by atoms with van der Waals surface area (Å²) in [6.07, 6.45) is 3.66. The minimum Gasteiger partial charge on any atom is -0.391 e. The van der Waals surface area contributed by atoms with E-state index in [1.54, 1.807) is 17.1 Å². The Hall–Kier alpha value is -1.13. The van der Waals surface area contributed by atoms with Crippen LogP contribution in [0, 0.1) is 0 Å².